The van der Waals surface area contributed by atoms with Crippen molar-refractivity contribution < 1.29 is 9.90 Å². The van der Waals surface area contributed by atoms with Crippen molar-refractivity contribution in [3.63, 3.8) is 0 Å². The third-order valence-electron chi connectivity index (χ3n) is 4.04. The van der Waals surface area contributed by atoms with Crippen LogP contribution in [-0.4, -0.2) is 20.9 Å². The Kier molecular flexibility index (Phi) is 5.85. The first kappa shape index (κ1) is 19.8. The van der Waals surface area contributed by atoms with Gasteiger partial charge in [0.1, 0.15) is 5.56 Å². The molecule has 1 heterocycles. The number of hydrogen-bond acceptors (Lipinski definition) is 2. The number of carbonyl (C=O) groups is 1. The predicted octanol–water partition coefficient (Wildman–Crippen LogP) is 5.80. The fourth-order valence-corrected chi connectivity index (χ4v) is 3.68. The molecule has 1 unspecified atom stereocenters. The van der Waals surface area contributed by atoms with Gasteiger partial charge in [-0.2, -0.15) is 5.10 Å². The van der Waals surface area contributed by atoms with Crippen molar-refractivity contribution in [2.45, 2.75) is 47.5 Å². The zero-order valence-electron chi connectivity index (χ0n) is 15.2. The predicted molar refractivity (Wildman–Crippen MR) is 102 cm³/mol. The topological polar surface area (TPSA) is 55.1 Å². The molecule has 1 aromatic carbocycles. The average molecular weight is 383 g/mol. The van der Waals surface area contributed by atoms with Crippen LogP contribution in [-0.2, 0) is 6.42 Å². The van der Waals surface area contributed by atoms with Gasteiger partial charge in [0.2, 0.25) is 0 Å². The minimum atomic E-state index is -0.972. The monoisotopic (exact) mass is 382 g/mol. The quantitative estimate of drug-likeness (QED) is 0.710. The summed E-state index contributed by atoms with van der Waals surface area (Å²) in [5.41, 5.74) is 2.14. The lowest BCUT2D eigenvalue weighted by Crippen LogP contribution is -2.14. The van der Waals surface area contributed by atoms with Gasteiger partial charge in [-0.1, -0.05) is 50.9 Å². The molecule has 1 N–H and O–H groups in total. The van der Waals surface area contributed by atoms with Crippen LogP contribution in [0.1, 0.15) is 55.9 Å². The number of carboxylic acids is 1. The van der Waals surface area contributed by atoms with Crippen molar-refractivity contribution in [1.29, 1.82) is 0 Å². The number of aromatic nitrogens is 2. The highest BCUT2D eigenvalue weighted by molar-refractivity contribution is 6.34. The lowest BCUT2D eigenvalue weighted by atomic mass is 9.83. The van der Waals surface area contributed by atoms with Crippen molar-refractivity contribution in [3.05, 3.63) is 45.2 Å². The Labute approximate surface area is 158 Å². The molecule has 0 spiro atoms. The molecule has 0 amide bonds. The average Bonchev–Trinajstić information content (AvgIpc) is 2.75. The Morgan fingerprint density at radius 3 is 2.52 bits per heavy atom. The Hall–Kier alpha value is -1.52. The Morgan fingerprint density at radius 1 is 1.32 bits per heavy atom. The van der Waals surface area contributed by atoms with Gasteiger partial charge in [0, 0.05) is 5.02 Å². The van der Waals surface area contributed by atoms with Gasteiger partial charge in [0.05, 0.1) is 22.1 Å². The minimum absolute atomic E-state index is 0.177. The summed E-state index contributed by atoms with van der Waals surface area (Å²) >= 11 is 12.3. The molecule has 0 aliphatic heterocycles. The first-order chi connectivity index (χ1) is 11.5. The van der Waals surface area contributed by atoms with Crippen LogP contribution < -0.4 is 0 Å². The van der Waals surface area contributed by atoms with E-state index in [9.17, 15) is 9.90 Å². The molecule has 25 heavy (non-hydrogen) atoms. The van der Waals surface area contributed by atoms with Gasteiger partial charge in [-0.25, -0.2) is 9.48 Å². The lowest BCUT2D eigenvalue weighted by Gasteiger charge is -2.22. The zero-order valence-corrected chi connectivity index (χ0v) is 16.7. The van der Waals surface area contributed by atoms with Gasteiger partial charge in [0.25, 0.3) is 0 Å². The number of rotatable bonds is 5. The summed E-state index contributed by atoms with van der Waals surface area (Å²) in [6, 6.07) is 5.07. The smallest absolute Gasteiger partial charge is 0.339 e. The van der Waals surface area contributed by atoms with Gasteiger partial charge in [-0.05, 0) is 49.3 Å². The molecule has 2 rings (SSSR count). The van der Waals surface area contributed by atoms with E-state index in [1.165, 1.54) is 0 Å². The zero-order chi connectivity index (χ0) is 18.9. The summed E-state index contributed by atoms with van der Waals surface area (Å²) in [6.07, 6.45) is 1.58. The summed E-state index contributed by atoms with van der Waals surface area (Å²) < 4.78 is 1.58. The summed E-state index contributed by atoms with van der Waals surface area (Å²) in [5, 5.41) is 15.2. The van der Waals surface area contributed by atoms with Gasteiger partial charge >= 0.3 is 5.97 Å². The number of nitrogens with zero attached hydrogens (tertiary/aromatic N) is 2. The number of hydrogen-bond donors (Lipinski definition) is 1. The van der Waals surface area contributed by atoms with Crippen LogP contribution in [0, 0.1) is 18.3 Å². The fraction of sp³-hybridized carbons (Fsp3) is 0.474. The van der Waals surface area contributed by atoms with Crippen LogP contribution in [0.4, 0.5) is 0 Å². The van der Waals surface area contributed by atoms with Gasteiger partial charge in [0.15, 0.2) is 0 Å². The maximum atomic E-state index is 11.8. The summed E-state index contributed by atoms with van der Waals surface area (Å²) in [5.74, 6) is -0.657. The van der Waals surface area contributed by atoms with E-state index < -0.39 is 5.97 Å². The second kappa shape index (κ2) is 7.38. The van der Waals surface area contributed by atoms with E-state index in [0.717, 1.165) is 6.42 Å². The standard InChI is InChI=1S/C19H24Cl2N2O2/c1-11(10-19(3,4)5)8-15-17(18(24)25)12(2)23(22-15)16-9-13(20)6-7-14(16)21/h6-7,9,11H,8,10H2,1-5H3,(H,24,25). The SMILES string of the molecule is Cc1c(C(=O)O)c(CC(C)CC(C)(C)C)nn1-c1cc(Cl)ccc1Cl. The van der Waals surface area contributed by atoms with Crippen LogP contribution in [0.5, 0.6) is 0 Å². The summed E-state index contributed by atoms with van der Waals surface area (Å²) in [4.78, 5) is 11.8. The van der Waals surface area contributed by atoms with Crippen LogP contribution in [0.3, 0.4) is 0 Å². The van der Waals surface area contributed by atoms with E-state index in [1.54, 1.807) is 29.8 Å². The molecule has 0 aliphatic carbocycles. The van der Waals surface area contributed by atoms with Crippen LogP contribution >= 0.6 is 23.2 Å². The minimum Gasteiger partial charge on any atom is -0.478 e. The molecule has 0 saturated heterocycles. The largest absolute Gasteiger partial charge is 0.478 e. The molecule has 6 heteroatoms. The second-order valence-corrected chi connectivity index (χ2v) is 8.64. The number of halogens is 2. The highest BCUT2D eigenvalue weighted by Crippen LogP contribution is 2.30. The third-order valence-corrected chi connectivity index (χ3v) is 4.60. The van der Waals surface area contributed by atoms with Crippen molar-refractivity contribution >= 4 is 29.2 Å². The lowest BCUT2D eigenvalue weighted by molar-refractivity contribution is 0.0694. The highest BCUT2D eigenvalue weighted by atomic mass is 35.5. The van der Waals surface area contributed by atoms with Crippen LogP contribution in [0.15, 0.2) is 18.2 Å². The van der Waals surface area contributed by atoms with Gasteiger partial charge in [-0.15, -0.1) is 0 Å². The van der Waals surface area contributed by atoms with E-state index in [-0.39, 0.29) is 11.0 Å². The maximum Gasteiger partial charge on any atom is 0.339 e. The normalized spacial score (nSPS) is 13.1. The van der Waals surface area contributed by atoms with Crippen molar-refractivity contribution in [2.75, 3.05) is 0 Å². The second-order valence-electron chi connectivity index (χ2n) is 7.79. The van der Waals surface area contributed by atoms with E-state index in [2.05, 4.69) is 32.8 Å². The molecular formula is C19H24Cl2N2O2. The van der Waals surface area contributed by atoms with Crippen molar-refractivity contribution in [3.8, 4) is 5.69 Å². The van der Waals surface area contributed by atoms with Gasteiger partial charge < -0.3 is 5.11 Å². The van der Waals surface area contributed by atoms with Crippen LogP contribution in [0.25, 0.3) is 5.69 Å². The number of carboxylic acid groups (broad SMARTS) is 1. The highest BCUT2D eigenvalue weighted by Gasteiger charge is 2.25. The van der Waals surface area contributed by atoms with E-state index in [4.69, 9.17) is 23.2 Å². The fourth-order valence-electron chi connectivity index (χ4n) is 3.31. The summed E-state index contributed by atoms with van der Waals surface area (Å²) in [6.45, 7) is 10.4. The molecule has 2 aromatic rings. The molecule has 0 bridgehead atoms. The van der Waals surface area contributed by atoms with Crippen molar-refractivity contribution in [1.82, 2.24) is 9.78 Å². The number of benzene rings is 1. The molecule has 136 valence electrons. The van der Waals surface area contributed by atoms with E-state index in [0.29, 0.717) is 39.5 Å². The number of aromatic carboxylic acids is 1. The van der Waals surface area contributed by atoms with Gasteiger partial charge in [-0.3, -0.25) is 0 Å². The Morgan fingerprint density at radius 2 is 1.96 bits per heavy atom. The first-order valence-corrected chi connectivity index (χ1v) is 9.02. The Balaban J connectivity index is 2.48. The summed E-state index contributed by atoms with van der Waals surface area (Å²) in [7, 11) is 0. The molecule has 1 atom stereocenters. The van der Waals surface area contributed by atoms with E-state index in [1.807, 2.05) is 0 Å². The van der Waals surface area contributed by atoms with Crippen LogP contribution in [0.2, 0.25) is 10.0 Å². The molecular weight excluding hydrogens is 359 g/mol. The molecule has 0 fully saturated rings. The van der Waals surface area contributed by atoms with Crippen molar-refractivity contribution in [2.24, 2.45) is 11.3 Å². The first-order valence-electron chi connectivity index (χ1n) is 8.27. The maximum absolute atomic E-state index is 11.8. The molecule has 4 nitrogen and oxygen atoms in total. The molecule has 0 saturated carbocycles. The Bertz CT molecular complexity index is 791. The molecule has 1 aromatic heterocycles. The van der Waals surface area contributed by atoms with E-state index >= 15 is 0 Å². The third kappa shape index (κ3) is 4.77. The molecule has 0 aliphatic rings. The molecule has 0 radical (unpaired) electrons.